The second-order valence-electron chi connectivity index (χ2n) is 6.32. The summed E-state index contributed by atoms with van der Waals surface area (Å²) in [5, 5.41) is 10.3. The summed E-state index contributed by atoms with van der Waals surface area (Å²) in [6.45, 7) is 4.40. The number of hydrogen-bond donors (Lipinski definition) is 1. The van der Waals surface area contributed by atoms with Crippen molar-refractivity contribution in [1.82, 2.24) is 0 Å². The fourth-order valence-electron chi connectivity index (χ4n) is 3.98. The second-order valence-corrected chi connectivity index (χ2v) is 6.32. The molecular formula is C16H22O. The number of benzene rings is 1. The molecule has 17 heavy (non-hydrogen) atoms. The zero-order valence-corrected chi connectivity index (χ0v) is 10.9. The zero-order valence-electron chi connectivity index (χ0n) is 10.9. The maximum Gasteiger partial charge on any atom is 0.0648 e. The molecule has 92 valence electrons. The van der Waals surface area contributed by atoms with Crippen LogP contribution in [0.3, 0.4) is 0 Å². The minimum atomic E-state index is -0.319. The van der Waals surface area contributed by atoms with Crippen LogP contribution in [0.5, 0.6) is 0 Å². The molecule has 3 aliphatic rings. The molecule has 0 radical (unpaired) electrons. The lowest BCUT2D eigenvalue weighted by Gasteiger charge is -2.51. The third kappa shape index (κ3) is 1.72. The molecule has 3 fully saturated rings. The predicted octanol–water partition coefficient (Wildman–Crippen LogP) is 3.64. The van der Waals surface area contributed by atoms with Crippen LogP contribution in [-0.4, -0.2) is 10.7 Å². The van der Waals surface area contributed by atoms with Crippen molar-refractivity contribution in [3.8, 4) is 0 Å². The summed E-state index contributed by atoms with van der Waals surface area (Å²) >= 11 is 0. The van der Waals surface area contributed by atoms with Gasteiger partial charge in [0.05, 0.1) is 5.60 Å². The lowest BCUT2D eigenvalue weighted by atomic mass is 9.55. The summed E-state index contributed by atoms with van der Waals surface area (Å²) in [7, 11) is 0. The first-order valence-electron chi connectivity index (χ1n) is 6.83. The van der Waals surface area contributed by atoms with E-state index >= 15 is 0 Å². The van der Waals surface area contributed by atoms with Gasteiger partial charge in [-0.15, -0.1) is 0 Å². The smallest absolute Gasteiger partial charge is 0.0648 e. The third-order valence-electron chi connectivity index (χ3n) is 5.16. The first kappa shape index (κ1) is 11.3. The molecule has 0 aromatic heterocycles. The molecule has 0 unspecified atom stereocenters. The summed E-state index contributed by atoms with van der Waals surface area (Å²) in [4.78, 5) is 0. The highest BCUT2D eigenvalue weighted by Gasteiger charge is 2.48. The summed E-state index contributed by atoms with van der Waals surface area (Å²) in [5.74, 6) is 0. The minimum absolute atomic E-state index is 0.319. The van der Waals surface area contributed by atoms with Crippen LogP contribution in [0, 0.1) is 13.8 Å². The lowest BCUT2D eigenvalue weighted by molar-refractivity contribution is -0.0661. The Morgan fingerprint density at radius 1 is 0.941 bits per heavy atom. The fourth-order valence-corrected chi connectivity index (χ4v) is 3.98. The second kappa shape index (κ2) is 3.58. The first-order chi connectivity index (χ1) is 8.03. The van der Waals surface area contributed by atoms with Gasteiger partial charge in [0.25, 0.3) is 0 Å². The Labute approximate surface area is 104 Å². The first-order valence-corrected chi connectivity index (χ1v) is 6.83. The Hall–Kier alpha value is -0.820. The SMILES string of the molecule is Cc1ccc(C23CCC(O)(CC2)CC3)c(C)c1. The van der Waals surface area contributed by atoms with Gasteiger partial charge in [0.15, 0.2) is 0 Å². The normalized spacial score (nSPS) is 36.2. The van der Waals surface area contributed by atoms with Gasteiger partial charge in [0, 0.05) is 0 Å². The van der Waals surface area contributed by atoms with E-state index in [2.05, 4.69) is 32.0 Å². The topological polar surface area (TPSA) is 20.2 Å². The van der Waals surface area contributed by atoms with Crippen LogP contribution in [0.2, 0.25) is 0 Å². The maximum atomic E-state index is 10.3. The van der Waals surface area contributed by atoms with Gasteiger partial charge < -0.3 is 5.11 Å². The van der Waals surface area contributed by atoms with Crippen LogP contribution < -0.4 is 0 Å². The van der Waals surface area contributed by atoms with Crippen LogP contribution in [-0.2, 0) is 5.41 Å². The van der Waals surface area contributed by atoms with Crippen molar-refractivity contribution < 1.29 is 5.11 Å². The van der Waals surface area contributed by atoms with Crippen molar-refractivity contribution in [2.45, 2.75) is 63.4 Å². The molecule has 1 heteroatoms. The Kier molecular flexibility index (Phi) is 2.38. The van der Waals surface area contributed by atoms with Crippen molar-refractivity contribution in [3.05, 3.63) is 34.9 Å². The van der Waals surface area contributed by atoms with E-state index in [0.29, 0.717) is 5.41 Å². The monoisotopic (exact) mass is 230 g/mol. The molecule has 0 heterocycles. The van der Waals surface area contributed by atoms with Gasteiger partial charge in [-0.2, -0.15) is 0 Å². The Morgan fingerprint density at radius 2 is 1.53 bits per heavy atom. The van der Waals surface area contributed by atoms with Crippen LogP contribution in [0.1, 0.15) is 55.2 Å². The van der Waals surface area contributed by atoms with E-state index in [1.54, 1.807) is 5.56 Å². The molecule has 1 aromatic rings. The van der Waals surface area contributed by atoms with Gasteiger partial charge in [0.2, 0.25) is 0 Å². The number of rotatable bonds is 1. The lowest BCUT2D eigenvalue weighted by Crippen LogP contribution is -2.48. The number of hydrogen-bond acceptors (Lipinski definition) is 1. The molecule has 1 nitrogen and oxygen atoms in total. The summed E-state index contributed by atoms with van der Waals surface area (Å²) in [6, 6.07) is 6.88. The van der Waals surface area contributed by atoms with E-state index in [9.17, 15) is 5.11 Å². The number of fused-ring (bicyclic) bond motifs is 3. The predicted molar refractivity (Wildman–Crippen MR) is 70.2 cm³/mol. The van der Waals surface area contributed by atoms with Crippen molar-refractivity contribution in [2.75, 3.05) is 0 Å². The molecule has 0 saturated heterocycles. The minimum Gasteiger partial charge on any atom is -0.390 e. The van der Waals surface area contributed by atoms with Crippen molar-refractivity contribution in [1.29, 1.82) is 0 Å². The highest BCUT2D eigenvalue weighted by molar-refractivity contribution is 5.38. The highest BCUT2D eigenvalue weighted by atomic mass is 16.3. The van der Waals surface area contributed by atoms with Gasteiger partial charge in [-0.25, -0.2) is 0 Å². The van der Waals surface area contributed by atoms with Gasteiger partial charge in [0.1, 0.15) is 0 Å². The zero-order chi connectivity index (χ0) is 12.1. The van der Waals surface area contributed by atoms with E-state index in [1.165, 1.54) is 30.4 Å². The average molecular weight is 230 g/mol. The van der Waals surface area contributed by atoms with E-state index < -0.39 is 0 Å². The number of aliphatic hydroxyl groups is 1. The summed E-state index contributed by atoms with van der Waals surface area (Å²) in [5.41, 5.74) is 4.40. The van der Waals surface area contributed by atoms with E-state index in [-0.39, 0.29) is 5.60 Å². The average Bonchev–Trinajstić information content (AvgIpc) is 2.30. The molecule has 3 saturated carbocycles. The molecule has 3 aliphatic carbocycles. The summed E-state index contributed by atoms with van der Waals surface area (Å²) < 4.78 is 0. The van der Waals surface area contributed by atoms with Crippen molar-refractivity contribution in [2.24, 2.45) is 0 Å². The largest absolute Gasteiger partial charge is 0.390 e. The number of aryl methyl sites for hydroxylation is 2. The fraction of sp³-hybridized carbons (Fsp3) is 0.625. The molecule has 0 amide bonds. The van der Waals surface area contributed by atoms with Gasteiger partial charge in [-0.3, -0.25) is 0 Å². The van der Waals surface area contributed by atoms with Crippen LogP contribution in [0.4, 0.5) is 0 Å². The quantitative estimate of drug-likeness (QED) is 0.781. The van der Waals surface area contributed by atoms with Crippen LogP contribution in [0.15, 0.2) is 18.2 Å². The van der Waals surface area contributed by atoms with E-state index in [0.717, 1.165) is 19.3 Å². The molecule has 2 bridgehead atoms. The van der Waals surface area contributed by atoms with Crippen molar-refractivity contribution >= 4 is 0 Å². The summed E-state index contributed by atoms with van der Waals surface area (Å²) in [6.07, 6.45) is 6.52. The van der Waals surface area contributed by atoms with Gasteiger partial charge in [-0.05, 0) is 68.9 Å². The van der Waals surface area contributed by atoms with E-state index in [1.807, 2.05) is 0 Å². The highest BCUT2D eigenvalue weighted by Crippen LogP contribution is 2.54. The van der Waals surface area contributed by atoms with Gasteiger partial charge in [-0.1, -0.05) is 23.8 Å². The van der Waals surface area contributed by atoms with Crippen molar-refractivity contribution in [3.63, 3.8) is 0 Å². The Morgan fingerprint density at radius 3 is 2.06 bits per heavy atom. The third-order valence-corrected chi connectivity index (χ3v) is 5.16. The molecule has 0 spiro atoms. The maximum absolute atomic E-state index is 10.3. The molecule has 4 rings (SSSR count). The molecule has 1 aromatic carbocycles. The molecule has 1 N–H and O–H groups in total. The molecule has 0 aliphatic heterocycles. The Balaban J connectivity index is 1.99. The van der Waals surface area contributed by atoms with E-state index in [4.69, 9.17) is 0 Å². The van der Waals surface area contributed by atoms with Crippen LogP contribution >= 0.6 is 0 Å². The van der Waals surface area contributed by atoms with Crippen LogP contribution in [0.25, 0.3) is 0 Å². The molecular weight excluding hydrogens is 208 g/mol. The standard InChI is InChI=1S/C16H22O/c1-12-3-4-14(13(2)11-12)15-5-8-16(17,9-6-15)10-7-15/h3-4,11,17H,5-10H2,1-2H3. The molecule has 0 atom stereocenters. The Bertz CT molecular complexity index is 422. The van der Waals surface area contributed by atoms with Gasteiger partial charge >= 0.3 is 0 Å².